The SMILES string of the molecule is C=CCN(CC(=O)O)C(=O)CCOc1cccc(F)c1. The van der Waals surface area contributed by atoms with Gasteiger partial charge in [0, 0.05) is 12.6 Å². The summed E-state index contributed by atoms with van der Waals surface area (Å²) in [5.74, 6) is -1.55. The fourth-order valence-corrected chi connectivity index (χ4v) is 1.54. The first kappa shape index (κ1) is 15.7. The average Bonchev–Trinajstić information content (AvgIpc) is 2.37. The van der Waals surface area contributed by atoms with Crippen molar-refractivity contribution in [1.29, 1.82) is 0 Å². The van der Waals surface area contributed by atoms with Crippen LogP contribution in [0.5, 0.6) is 5.75 Å². The molecule has 20 heavy (non-hydrogen) atoms. The Hall–Kier alpha value is -2.37. The molecule has 108 valence electrons. The number of amides is 1. The van der Waals surface area contributed by atoms with E-state index in [4.69, 9.17) is 9.84 Å². The van der Waals surface area contributed by atoms with Gasteiger partial charge in [0.2, 0.25) is 5.91 Å². The molecule has 1 aromatic rings. The number of benzene rings is 1. The van der Waals surface area contributed by atoms with Gasteiger partial charge in [-0.15, -0.1) is 6.58 Å². The molecule has 0 aliphatic rings. The predicted molar refractivity (Wildman–Crippen MR) is 70.9 cm³/mol. The minimum Gasteiger partial charge on any atom is -0.493 e. The molecule has 0 radical (unpaired) electrons. The van der Waals surface area contributed by atoms with Crippen LogP contribution in [-0.2, 0) is 9.59 Å². The lowest BCUT2D eigenvalue weighted by Gasteiger charge is -2.18. The number of carboxylic acid groups (broad SMARTS) is 1. The molecular weight excluding hydrogens is 265 g/mol. The number of nitrogens with zero attached hydrogens (tertiary/aromatic N) is 1. The first-order chi connectivity index (χ1) is 9.52. The molecule has 1 N–H and O–H groups in total. The molecule has 1 amide bonds. The van der Waals surface area contributed by atoms with Crippen molar-refractivity contribution in [3.8, 4) is 5.75 Å². The minimum atomic E-state index is -1.09. The maximum atomic E-state index is 12.9. The number of carbonyl (C=O) groups is 2. The highest BCUT2D eigenvalue weighted by Gasteiger charge is 2.15. The van der Waals surface area contributed by atoms with E-state index in [-0.39, 0.29) is 32.0 Å². The number of rotatable bonds is 8. The summed E-state index contributed by atoms with van der Waals surface area (Å²) in [4.78, 5) is 23.6. The fourth-order valence-electron chi connectivity index (χ4n) is 1.54. The van der Waals surface area contributed by atoms with Crippen LogP contribution in [0.2, 0.25) is 0 Å². The van der Waals surface area contributed by atoms with Crippen LogP contribution in [0, 0.1) is 5.82 Å². The van der Waals surface area contributed by atoms with Gasteiger partial charge in [-0.25, -0.2) is 4.39 Å². The lowest BCUT2D eigenvalue weighted by molar-refractivity contribution is -0.144. The van der Waals surface area contributed by atoms with E-state index in [1.807, 2.05) is 0 Å². The van der Waals surface area contributed by atoms with Gasteiger partial charge >= 0.3 is 5.97 Å². The Bertz CT molecular complexity index is 490. The quantitative estimate of drug-likeness (QED) is 0.736. The van der Waals surface area contributed by atoms with E-state index in [1.54, 1.807) is 6.07 Å². The van der Waals surface area contributed by atoms with Crippen molar-refractivity contribution in [1.82, 2.24) is 4.90 Å². The number of halogens is 1. The second-order valence-electron chi connectivity index (χ2n) is 4.01. The van der Waals surface area contributed by atoms with E-state index in [0.29, 0.717) is 5.75 Å². The van der Waals surface area contributed by atoms with E-state index in [0.717, 1.165) is 4.90 Å². The highest BCUT2D eigenvalue weighted by molar-refractivity contribution is 5.81. The summed E-state index contributed by atoms with van der Waals surface area (Å²) in [5.41, 5.74) is 0. The van der Waals surface area contributed by atoms with Crippen LogP contribution in [0.4, 0.5) is 4.39 Å². The van der Waals surface area contributed by atoms with Crippen molar-refractivity contribution >= 4 is 11.9 Å². The molecule has 0 unspecified atom stereocenters. The molecule has 0 atom stereocenters. The standard InChI is InChI=1S/C14H16FNO4/c1-2-7-16(10-14(18)19)13(17)6-8-20-12-5-3-4-11(15)9-12/h2-5,9H,1,6-8,10H2,(H,18,19). The summed E-state index contributed by atoms with van der Waals surface area (Å²) in [7, 11) is 0. The van der Waals surface area contributed by atoms with Gasteiger partial charge in [0.25, 0.3) is 0 Å². The zero-order valence-electron chi connectivity index (χ0n) is 10.9. The monoisotopic (exact) mass is 281 g/mol. The smallest absolute Gasteiger partial charge is 0.323 e. The van der Waals surface area contributed by atoms with Crippen LogP contribution in [-0.4, -0.2) is 41.6 Å². The molecule has 0 fully saturated rings. The zero-order valence-corrected chi connectivity index (χ0v) is 10.9. The topological polar surface area (TPSA) is 66.8 Å². The summed E-state index contributed by atoms with van der Waals surface area (Å²) < 4.78 is 18.1. The molecular formula is C14H16FNO4. The van der Waals surface area contributed by atoms with Crippen molar-refractivity contribution in [2.75, 3.05) is 19.7 Å². The normalized spacial score (nSPS) is 9.85. The number of carboxylic acids is 1. The van der Waals surface area contributed by atoms with Gasteiger partial charge in [-0.05, 0) is 12.1 Å². The van der Waals surface area contributed by atoms with Crippen molar-refractivity contribution in [3.63, 3.8) is 0 Å². The molecule has 0 aromatic heterocycles. The molecule has 0 heterocycles. The van der Waals surface area contributed by atoms with E-state index in [1.165, 1.54) is 24.3 Å². The summed E-state index contributed by atoms with van der Waals surface area (Å²) in [6.45, 7) is 3.29. The van der Waals surface area contributed by atoms with E-state index < -0.39 is 11.8 Å². The lowest BCUT2D eigenvalue weighted by atomic mass is 10.3. The minimum absolute atomic E-state index is 0.0115. The molecule has 0 bridgehead atoms. The van der Waals surface area contributed by atoms with E-state index in [2.05, 4.69) is 6.58 Å². The van der Waals surface area contributed by atoms with Crippen LogP contribution in [0.3, 0.4) is 0 Å². The Kier molecular flexibility index (Phi) is 6.22. The van der Waals surface area contributed by atoms with Crippen LogP contribution in [0.1, 0.15) is 6.42 Å². The second kappa shape index (κ2) is 7.93. The Labute approximate surface area is 116 Å². The Morgan fingerprint density at radius 3 is 2.80 bits per heavy atom. The molecule has 5 nitrogen and oxygen atoms in total. The number of ether oxygens (including phenoxy) is 1. The second-order valence-corrected chi connectivity index (χ2v) is 4.01. The summed E-state index contributed by atoms with van der Waals surface area (Å²) in [6.07, 6.45) is 1.46. The Morgan fingerprint density at radius 2 is 2.20 bits per heavy atom. The van der Waals surface area contributed by atoms with Crippen molar-refractivity contribution < 1.29 is 23.8 Å². The largest absolute Gasteiger partial charge is 0.493 e. The lowest BCUT2D eigenvalue weighted by Crippen LogP contribution is -2.36. The molecule has 0 aliphatic carbocycles. The number of hydrogen-bond donors (Lipinski definition) is 1. The third-order valence-corrected chi connectivity index (χ3v) is 2.41. The highest BCUT2D eigenvalue weighted by atomic mass is 19.1. The molecule has 0 saturated carbocycles. The maximum absolute atomic E-state index is 12.9. The van der Waals surface area contributed by atoms with Crippen LogP contribution in [0.25, 0.3) is 0 Å². The van der Waals surface area contributed by atoms with Gasteiger partial charge < -0.3 is 14.7 Å². The number of aliphatic carboxylic acids is 1. The van der Waals surface area contributed by atoms with Crippen LogP contribution in [0.15, 0.2) is 36.9 Å². The molecule has 6 heteroatoms. The molecule has 0 aliphatic heterocycles. The Balaban J connectivity index is 2.44. The molecule has 1 aromatic carbocycles. The molecule has 1 rings (SSSR count). The maximum Gasteiger partial charge on any atom is 0.323 e. The average molecular weight is 281 g/mol. The third kappa shape index (κ3) is 5.51. The molecule has 0 spiro atoms. The fraction of sp³-hybridized carbons (Fsp3) is 0.286. The Morgan fingerprint density at radius 1 is 1.45 bits per heavy atom. The van der Waals surface area contributed by atoms with Gasteiger partial charge in [0.15, 0.2) is 0 Å². The molecule has 0 saturated heterocycles. The first-order valence-corrected chi connectivity index (χ1v) is 6.01. The highest BCUT2D eigenvalue weighted by Crippen LogP contribution is 2.12. The number of carbonyl (C=O) groups excluding carboxylic acids is 1. The van der Waals surface area contributed by atoms with Gasteiger partial charge in [-0.1, -0.05) is 12.1 Å². The van der Waals surface area contributed by atoms with Crippen molar-refractivity contribution in [2.45, 2.75) is 6.42 Å². The summed E-state index contributed by atoms with van der Waals surface area (Å²) in [6, 6.07) is 5.58. The first-order valence-electron chi connectivity index (χ1n) is 6.01. The van der Waals surface area contributed by atoms with Crippen molar-refractivity contribution in [3.05, 3.63) is 42.7 Å². The van der Waals surface area contributed by atoms with E-state index >= 15 is 0 Å². The van der Waals surface area contributed by atoms with Crippen LogP contribution < -0.4 is 4.74 Å². The van der Waals surface area contributed by atoms with Gasteiger partial charge in [0.1, 0.15) is 18.1 Å². The van der Waals surface area contributed by atoms with Gasteiger partial charge in [-0.3, -0.25) is 9.59 Å². The van der Waals surface area contributed by atoms with Crippen molar-refractivity contribution in [2.24, 2.45) is 0 Å². The third-order valence-electron chi connectivity index (χ3n) is 2.41. The zero-order chi connectivity index (χ0) is 15.0. The predicted octanol–water partition coefficient (Wildman–Crippen LogP) is 1.69. The summed E-state index contributed by atoms with van der Waals surface area (Å²) >= 11 is 0. The number of hydrogen-bond acceptors (Lipinski definition) is 3. The van der Waals surface area contributed by atoms with Gasteiger partial charge in [-0.2, -0.15) is 0 Å². The van der Waals surface area contributed by atoms with Gasteiger partial charge in [0.05, 0.1) is 13.0 Å². The van der Waals surface area contributed by atoms with E-state index in [9.17, 15) is 14.0 Å². The van der Waals surface area contributed by atoms with Crippen LogP contribution >= 0.6 is 0 Å². The summed E-state index contributed by atoms with van der Waals surface area (Å²) in [5, 5.41) is 8.69.